The Balaban J connectivity index is 0.00000243. The molecule has 26 heavy (non-hydrogen) atoms. The van der Waals surface area contributed by atoms with Crippen LogP contribution < -0.4 is 17.1 Å². The van der Waals surface area contributed by atoms with Gasteiger partial charge in [-0.15, -0.1) is 0 Å². The molecule has 1 aliphatic carbocycles. The van der Waals surface area contributed by atoms with E-state index in [2.05, 4.69) is 43.0 Å². The number of hydrogen-bond donors (Lipinski definition) is 1. The van der Waals surface area contributed by atoms with E-state index in [4.69, 9.17) is 9.47 Å². The molecule has 3 atom stereocenters. The first-order chi connectivity index (χ1) is 12.1. The molecule has 1 N–H and O–H groups in total. The van der Waals surface area contributed by atoms with Crippen LogP contribution in [0.5, 0.6) is 5.75 Å². The number of rotatable bonds is 6. The molecule has 1 aromatic carbocycles. The largest absolute Gasteiger partial charge is 1.00 e. The van der Waals surface area contributed by atoms with Gasteiger partial charge in [0.05, 0.1) is 12.2 Å². The van der Waals surface area contributed by atoms with Crippen molar-refractivity contribution in [1.29, 1.82) is 0 Å². The number of halogens is 1. The van der Waals surface area contributed by atoms with Gasteiger partial charge < -0.3 is 27.0 Å². The van der Waals surface area contributed by atoms with E-state index >= 15 is 0 Å². The second-order valence-corrected chi connectivity index (χ2v) is 7.84. The summed E-state index contributed by atoms with van der Waals surface area (Å²) in [6, 6.07) is 8.50. The lowest BCUT2D eigenvalue weighted by atomic mass is 9.84. The molecule has 3 unspecified atom stereocenters. The maximum atomic E-state index is 10.3. The number of aliphatic hydroxyl groups excluding tert-OH is 1. The molecular formula is C21H33ClNO3-. The minimum atomic E-state index is -0.476. The number of β-amino-alcohol motifs (C(OH)–C–C–N with tert-alkyl or cyclic N) is 1. The molecule has 1 aromatic rings. The molecule has 0 spiro atoms. The topological polar surface area (TPSA) is 41.9 Å². The van der Waals surface area contributed by atoms with Crippen molar-refractivity contribution in [3.8, 4) is 5.75 Å². The van der Waals surface area contributed by atoms with Gasteiger partial charge in [-0.1, -0.05) is 31.4 Å². The molecule has 0 radical (unpaired) electrons. The molecule has 2 aliphatic rings. The smallest absolute Gasteiger partial charge is 0.119 e. The average molecular weight is 383 g/mol. The number of aliphatic hydroxyl groups is 1. The minimum Gasteiger partial charge on any atom is -1.00 e. The first kappa shape index (κ1) is 21.5. The standard InChI is InChI=1S/C21H33NO3.ClH/c1-16-12-22(13-17(2)25-16)14-20(23)15-24-21-10-8-19(9-11-21)18-6-4-3-5-7-18;/h8-11,16-18,20,23H,3-7,12-15H2,1-2H3;1H/p-1. The van der Waals surface area contributed by atoms with E-state index in [1.165, 1.54) is 37.7 Å². The van der Waals surface area contributed by atoms with Crippen molar-refractivity contribution >= 4 is 0 Å². The van der Waals surface area contributed by atoms with E-state index in [0.717, 1.165) is 24.8 Å². The van der Waals surface area contributed by atoms with Crippen LogP contribution in [0.1, 0.15) is 57.4 Å². The van der Waals surface area contributed by atoms with Crippen LogP contribution in [0.3, 0.4) is 0 Å². The Kier molecular flexibility index (Phi) is 8.68. The van der Waals surface area contributed by atoms with Crippen LogP contribution in [0, 0.1) is 0 Å². The van der Waals surface area contributed by atoms with E-state index < -0.39 is 6.10 Å². The van der Waals surface area contributed by atoms with Crippen LogP contribution in [0.25, 0.3) is 0 Å². The average Bonchev–Trinajstić information content (AvgIpc) is 2.60. The predicted octanol–water partition coefficient (Wildman–Crippen LogP) is 0.587. The highest BCUT2D eigenvalue weighted by atomic mass is 35.5. The van der Waals surface area contributed by atoms with Gasteiger partial charge in [0.1, 0.15) is 18.5 Å². The molecule has 3 rings (SSSR count). The van der Waals surface area contributed by atoms with Crippen molar-refractivity contribution in [3.63, 3.8) is 0 Å². The van der Waals surface area contributed by atoms with Crippen LogP contribution in [-0.4, -0.2) is 54.6 Å². The SMILES string of the molecule is CC1CN(CC(O)COc2ccc(C3CCCCC3)cc2)CC(C)O1.[Cl-]. The van der Waals surface area contributed by atoms with Gasteiger partial charge in [-0.2, -0.15) is 0 Å². The van der Waals surface area contributed by atoms with Crippen molar-refractivity contribution in [3.05, 3.63) is 29.8 Å². The first-order valence-corrected chi connectivity index (χ1v) is 9.89. The van der Waals surface area contributed by atoms with Gasteiger partial charge in [-0.25, -0.2) is 0 Å². The van der Waals surface area contributed by atoms with Crippen molar-refractivity contribution < 1.29 is 27.0 Å². The summed E-state index contributed by atoms with van der Waals surface area (Å²) in [5.74, 6) is 1.57. The van der Waals surface area contributed by atoms with Crippen molar-refractivity contribution in [2.75, 3.05) is 26.2 Å². The number of hydrogen-bond acceptors (Lipinski definition) is 4. The van der Waals surface area contributed by atoms with Gasteiger partial charge in [-0.05, 0) is 50.3 Å². The molecule has 1 saturated heterocycles. The molecule has 0 bridgehead atoms. The summed E-state index contributed by atoms with van der Waals surface area (Å²) in [6.07, 6.45) is 6.70. The van der Waals surface area contributed by atoms with Gasteiger partial charge in [0, 0.05) is 19.6 Å². The molecule has 2 fully saturated rings. The molecule has 1 heterocycles. The van der Waals surface area contributed by atoms with Crippen LogP contribution in [-0.2, 0) is 4.74 Å². The summed E-state index contributed by atoms with van der Waals surface area (Å²) in [5.41, 5.74) is 1.43. The van der Waals surface area contributed by atoms with Crippen LogP contribution in [0.4, 0.5) is 0 Å². The third kappa shape index (κ3) is 6.41. The van der Waals surface area contributed by atoms with Crippen LogP contribution >= 0.6 is 0 Å². The maximum absolute atomic E-state index is 10.3. The monoisotopic (exact) mass is 382 g/mol. The zero-order chi connectivity index (χ0) is 17.6. The van der Waals surface area contributed by atoms with E-state index in [0.29, 0.717) is 13.2 Å². The normalized spacial score (nSPS) is 26.1. The Hall–Kier alpha value is -0.810. The second kappa shape index (κ2) is 10.5. The van der Waals surface area contributed by atoms with Gasteiger partial charge >= 0.3 is 0 Å². The quantitative estimate of drug-likeness (QED) is 0.781. The molecular weight excluding hydrogens is 350 g/mol. The molecule has 4 nitrogen and oxygen atoms in total. The molecule has 0 aromatic heterocycles. The lowest BCUT2D eigenvalue weighted by Gasteiger charge is -2.36. The van der Waals surface area contributed by atoms with E-state index in [9.17, 15) is 5.11 Å². The molecule has 1 saturated carbocycles. The highest BCUT2D eigenvalue weighted by molar-refractivity contribution is 5.29. The van der Waals surface area contributed by atoms with E-state index in [-0.39, 0.29) is 24.6 Å². The van der Waals surface area contributed by atoms with Crippen molar-refractivity contribution in [2.24, 2.45) is 0 Å². The fraction of sp³-hybridized carbons (Fsp3) is 0.714. The zero-order valence-electron chi connectivity index (χ0n) is 16.1. The number of morpholine rings is 1. The zero-order valence-corrected chi connectivity index (χ0v) is 16.8. The highest BCUT2D eigenvalue weighted by Gasteiger charge is 2.24. The second-order valence-electron chi connectivity index (χ2n) is 7.84. The fourth-order valence-electron chi connectivity index (χ4n) is 4.25. The number of ether oxygens (including phenoxy) is 2. The molecule has 1 aliphatic heterocycles. The third-order valence-corrected chi connectivity index (χ3v) is 5.36. The van der Waals surface area contributed by atoms with Gasteiger partial charge in [0.15, 0.2) is 0 Å². The highest BCUT2D eigenvalue weighted by Crippen LogP contribution is 2.33. The van der Waals surface area contributed by atoms with E-state index in [1.807, 2.05) is 0 Å². The van der Waals surface area contributed by atoms with Gasteiger partial charge in [-0.3, -0.25) is 4.90 Å². The summed E-state index contributed by atoms with van der Waals surface area (Å²) >= 11 is 0. The summed E-state index contributed by atoms with van der Waals surface area (Å²) < 4.78 is 11.5. The Bertz CT molecular complexity index is 508. The molecule has 5 heteroatoms. The fourth-order valence-corrected chi connectivity index (χ4v) is 4.25. The van der Waals surface area contributed by atoms with Gasteiger partial charge in [0.25, 0.3) is 0 Å². The number of benzene rings is 1. The Morgan fingerprint density at radius 1 is 1.08 bits per heavy atom. The lowest BCUT2D eigenvalue weighted by Crippen LogP contribution is -3.00. The summed E-state index contributed by atoms with van der Waals surface area (Å²) in [4.78, 5) is 2.26. The van der Waals surface area contributed by atoms with Crippen molar-refractivity contribution in [2.45, 2.75) is 70.2 Å². The van der Waals surface area contributed by atoms with Gasteiger partial charge in [0.2, 0.25) is 0 Å². The molecule has 0 amide bonds. The Labute approximate surface area is 164 Å². The molecule has 148 valence electrons. The predicted molar refractivity (Wildman–Crippen MR) is 100 cm³/mol. The number of nitrogens with zero attached hydrogens (tertiary/aromatic N) is 1. The minimum absolute atomic E-state index is 0. The van der Waals surface area contributed by atoms with Crippen LogP contribution in [0.15, 0.2) is 24.3 Å². The lowest BCUT2D eigenvalue weighted by molar-refractivity contribution is -0.0786. The summed E-state index contributed by atoms with van der Waals surface area (Å²) in [5, 5.41) is 10.3. The third-order valence-electron chi connectivity index (χ3n) is 5.36. The van der Waals surface area contributed by atoms with Crippen molar-refractivity contribution in [1.82, 2.24) is 4.90 Å². The van der Waals surface area contributed by atoms with Crippen LogP contribution in [0.2, 0.25) is 0 Å². The summed E-state index contributed by atoms with van der Waals surface area (Å²) in [7, 11) is 0. The van der Waals surface area contributed by atoms with E-state index in [1.54, 1.807) is 0 Å². The Morgan fingerprint density at radius 2 is 1.69 bits per heavy atom. The Morgan fingerprint density at radius 3 is 2.31 bits per heavy atom. The first-order valence-electron chi connectivity index (χ1n) is 9.89. The summed E-state index contributed by atoms with van der Waals surface area (Å²) in [6.45, 7) is 6.88. The maximum Gasteiger partial charge on any atom is 0.119 e.